The number of nitrogen functional groups attached to an aromatic ring is 1. The van der Waals surface area contributed by atoms with Gasteiger partial charge in [0, 0.05) is 12.7 Å². The number of esters is 1. The Balaban J connectivity index is 2.27. The Hall–Kier alpha value is -2.83. The molecule has 0 spiro atoms. The number of benzene rings is 1. The van der Waals surface area contributed by atoms with E-state index in [0.717, 1.165) is 5.56 Å². The van der Waals surface area contributed by atoms with Crippen LogP contribution in [0.5, 0.6) is 0 Å². The molecule has 24 heavy (non-hydrogen) atoms. The fourth-order valence-corrected chi connectivity index (χ4v) is 2.24. The summed E-state index contributed by atoms with van der Waals surface area (Å²) in [7, 11) is 1.65. The summed E-state index contributed by atoms with van der Waals surface area (Å²) in [6.45, 7) is 5.57. The normalized spacial score (nSPS) is 11.2. The maximum absolute atomic E-state index is 12.8. The lowest BCUT2D eigenvalue weighted by molar-refractivity contribution is -0.120. The van der Waals surface area contributed by atoms with Gasteiger partial charge in [0.15, 0.2) is 0 Å². The molecule has 1 aromatic carbocycles. The molecule has 0 bridgehead atoms. The number of aromatic nitrogens is 2. The second-order valence-electron chi connectivity index (χ2n) is 5.95. The fourth-order valence-electron chi connectivity index (χ4n) is 2.24. The SMILES string of the molecule is CCOC(=O)c1cnn(C)c1NC(=O)C(C)(C)c1ccc(N)cc1. The number of nitrogens with zero attached hydrogens (tertiary/aromatic N) is 2. The minimum atomic E-state index is -0.816. The molecule has 1 aromatic heterocycles. The van der Waals surface area contributed by atoms with E-state index in [-0.39, 0.29) is 18.1 Å². The predicted octanol–water partition coefficient (Wildman–Crippen LogP) is 2.10. The van der Waals surface area contributed by atoms with Crippen LogP contribution in [-0.4, -0.2) is 28.3 Å². The number of aryl methyl sites for hydroxylation is 1. The van der Waals surface area contributed by atoms with E-state index in [2.05, 4.69) is 10.4 Å². The number of rotatable bonds is 5. The smallest absolute Gasteiger partial charge is 0.343 e. The number of amides is 1. The Morgan fingerprint density at radius 1 is 1.29 bits per heavy atom. The van der Waals surface area contributed by atoms with E-state index < -0.39 is 11.4 Å². The Morgan fingerprint density at radius 3 is 2.50 bits per heavy atom. The van der Waals surface area contributed by atoms with Crippen LogP contribution >= 0.6 is 0 Å². The molecule has 7 heteroatoms. The molecule has 2 rings (SSSR count). The van der Waals surface area contributed by atoms with E-state index in [4.69, 9.17) is 10.5 Å². The van der Waals surface area contributed by atoms with Crippen LogP contribution in [0, 0.1) is 0 Å². The third-order valence-electron chi connectivity index (χ3n) is 3.87. The third-order valence-corrected chi connectivity index (χ3v) is 3.87. The van der Waals surface area contributed by atoms with Crippen LogP contribution in [0.4, 0.5) is 11.5 Å². The van der Waals surface area contributed by atoms with Gasteiger partial charge in [0.1, 0.15) is 11.4 Å². The standard InChI is InChI=1S/C17H22N4O3/c1-5-24-15(22)13-10-19-21(4)14(13)20-16(23)17(2,3)11-6-8-12(18)9-7-11/h6-10H,5,18H2,1-4H3,(H,20,23). The zero-order valence-corrected chi connectivity index (χ0v) is 14.3. The van der Waals surface area contributed by atoms with Crippen molar-refractivity contribution in [1.82, 2.24) is 9.78 Å². The van der Waals surface area contributed by atoms with Gasteiger partial charge in [-0.25, -0.2) is 4.79 Å². The molecule has 128 valence electrons. The Bertz CT molecular complexity index is 748. The molecule has 0 fully saturated rings. The van der Waals surface area contributed by atoms with Crippen molar-refractivity contribution in [3.05, 3.63) is 41.6 Å². The van der Waals surface area contributed by atoms with E-state index >= 15 is 0 Å². The number of carbonyl (C=O) groups excluding carboxylic acids is 2. The van der Waals surface area contributed by atoms with Gasteiger partial charge in [-0.15, -0.1) is 0 Å². The van der Waals surface area contributed by atoms with E-state index in [1.165, 1.54) is 10.9 Å². The van der Waals surface area contributed by atoms with Crippen molar-refractivity contribution in [3.63, 3.8) is 0 Å². The topological polar surface area (TPSA) is 99.2 Å². The molecular weight excluding hydrogens is 308 g/mol. The molecule has 0 radical (unpaired) electrons. The van der Waals surface area contributed by atoms with Gasteiger partial charge in [-0.1, -0.05) is 12.1 Å². The lowest BCUT2D eigenvalue weighted by atomic mass is 9.83. The van der Waals surface area contributed by atoms with Gasteiger partial charge in [0.25, 0.3) is 0 Å². The van der Waals surface area contributed by atoms with Gasteiger partial charge in [0.2, 0.25) is 5.91 Å². The molecule has 1 heterocycles. The summed E-state index contributed by atoms with van der Waals surface area (Å²) < 4.78 is 6.42. The molecule has 0 saturated carbocycles. The summed E-state index contributed by atoms with van der Waals surface area (Å²) in [5.41, 5.74) is 6.55. The van der Waals surface area contributed by atoms with E-state index in [1.54, 1.807) is 40.0 Å². The van der Waals surface area contributed by atoms with E-state index in [0.29, 0.717) is 11.5 Å². The van der Waals surface area contributed by atoms with Gasteiger partial charge >= 0.3 is 5.97 Å². The van der Waals surface area contributed by atoms with Gasteiger partial charge in [0.05, 0.1) is 18.2 Å². The van der Waals surface area contributed by atoms with Crippen molar-refractivity contribution >= 4 is 23.4 Å². The van der Waals surface area contributed by atoms with E-state index in [1.807, 2.05) is 12.1 Å². The van der Waals surface area contributed by atoms with Crippen molar-refractivity contribution in [3.8, 4) is 0 Å². The Labute approximate surface area is 140 Å². The van der Waals surface area contributed by atoms with Gasteiger partial charge in [-0.3, -0.25) is 9.48 Å². The molecule has 7 nitrogen and oxygen atoms in total. The Kier molecular flexibility index (Phi) is 4.92. The van der Waals surface area contributed by atoms with Crippen LogP contribution in [0.2, 0.25) is 0 Å². The number of carbonyl (C=O) groups is 2. The number of hydrogen-bond donors (Lipinski definition) is 2. The van der Waals surface area contributed by atoms with E-state index in [9.17, 15) is 9.59 Å². The average Bonchev–Trinajstić information content (AvgIpc) is 2.89. The van der Waals surface area contributed by atoms with Gasteiger partial charge in [-0.2, -0.15) is 5.10 Å². The lowest BCUT2D eigenvalue weighted by Gasteiger charge is -2.24. The molecule has 0 unspecified atom stereocenters. The monoisotopic (exact) mass is 330 g/mol. The first kappa shape index (κ1) is 17.5. The second-order valence-corrected chi connectivity index (χ2v) is 5.95. The summed E-state index contributed by atoms with van der Waals surface area (Å²) in [4.78, 5) is 24.7. The molecule has 0 aliphatic rings. The first-order valence-electron chi connectivity index (χ1n) is 7.64. The molecular formula is C17H22N4O3. The number of ether oxygens (including phenoxy) is 1. The maximum atomic E-state index is 12.8. The molecule has 0 atom stereocenters. The second kappa shape index (κ2) is 6.74. The molecule has 0 saturated heterocycles. The first-order valence-corrected chi connectivity index (χ1v) is 7.64. The maximum Gasteiger partial charge on any atom is 0.343 e. The van der Waals surface area contributed by atoms with Crippen molar-refractivity contribution in [1.29, 1.82) is 0 Å². The number of nitrogens with two attached hydrogens (primary N) is 1. The molecule has 0 aliphatic carbocycles. The first-order chi connectivity index (χ1) is 11.3. The van der Waals surface area contributed by atoms with Crippen molar-refractivity contribution < 1.29 is 14.3 Å². The van der Waals surface area contributed by atoms with Crippen molar-refractivity contribution in [2.24, 2.45) is 7.05 Å². The highest BCUT2D eigenvalue weighted by atomic mass is 16.5. The summed E-state index contributed by atoms with van der Waals surface area (Å²) in [5, 5.41) is 6.80. The highest BCUT2D eigenvalue weighted by molar-refractivity contribution is 6.03. The summed E-state index contributed by atoms with van der Waals surface area (Å²) in [5.74, 6) is -0.477. The van der Waals surface area contributed by atoms with Crippen LogP contribution in [0.25, 0.3) is 0 Å². The number of nitrogens with one attached hydrogen (secondary N) is 1. The van der Waals surface area contributed by atoms with Crippen LogP contribution in [0.3, 0.4) is 0 Å². The van der Waals surface area contributed by atoms with Crippen LogP contribution in [0.15, 0.2) is 30.5 Å². The summed E-state index contributed by atoms with van der Waals surface area (Å²) in [6.07, 6.45) is 1.38. The minimum absolute atomic E-state index is 0.223. The highest BCUT2D eigenvalue weighted by Crippen LogP contribution is 2.27. The van der Waals surface area contributed by atoms with Crippen LogP contribution < -0.4 is 11.1 Å². The largest absolute Gasteiger partial charge is 0.462 e. The Morgan fingerprint density at radius 2 is 1.92 bits per heavy atom. The zero-order valence-electron chi connectivity index (χ0n) is 14.3. The molecule has 1 amide bonds. The number of hydrogen-bond acceptors (Lipinski definition) is 5. The zero-order chi connectivity index (χ0) is 17.9. The van der Waals surface area contributed by atoms with Gasteiger partial charge < -0.3 is 15.8 Å². The third kappa shape index (κ3) is 3.40. The molecule has 3 N–H and O–H groups in total. The average molecular weight is 330 g/mol. The predicted molar refractivity (Wildman–Crippen MR) is 91.7 cm³/mol. The molecule has 2 aromatic rings. The fraction of sp³-hybridized carbons (Fsp3) is 0.353. The quantitative estimate of drug-likeness (QED) is 0.646. The molecule has 0 aliphatic heterocycles. The van der Waals surface area contributed by atoms with Crippen LogP contribution in [0.1, 0.15) is 36.7 Å². The summed E-state index contributed by atoms with van der Waals surface area (Å²) >= 11 is 0. The van der Waals surface area contributed by atoms with Crippen molar-refractivity contribution in [2.75, 3.05) is 17.7 Å². The van der Waals surface area contributed by atoms with Crippen molar-refractivity contribution in [2.45, 2.75) is 26.2 Å². The summed E-state index contributed by atoms with van der Waals surface area (Å²) in [6, 6.07) is 7.12. The highest BCUT2D eigenvalue weighted by Gasteiger charge is 2.31. The minimum Gasteiger partial charge on any atom is -0.462 e. The lowest BCUT2D eigenvalue weighted by Crippen LogP contribution is -2.35. The van der Waals surface area contributed by atoms with Crippen LogP contribution in [-0.2, 0) is 22.0 Å². The number of anilines is 2. The van der Waals surface area contributed by atoms with Gasteiger partial charge in [-0.05, 0) is 38.5 Å².